The fourth-order valence-corrected chi connectivity index (χ4v) is 7.34. The SMILES string of the molecule is C[C@@]1(N)C=CCC1c1ccc2c(c1)Oc1ccccc1-c1ccccc1Oc1cc(-n3c4ccccc4c4ccccc43)ccc1-2. The predicted molar refractivity (Wildman–Crippen MR) is 187 cm³/mol. The van der Waals surface area contributed by atoms with E-state index < -0.39 is 5.54 Å². The van der Waals surface area contributed by atoms with E-state index in [-0.39, 0.29) is 5.92 Å². The molecule has 0 saturated carbocycles. The van der Waals surface area contributed by atoms with E-state index >= 15 is 0 Å². The fourth-order valence-electron chi connectivity index (χ4n) is 7.34. The minimum Gasteiger partial charge on any atom is -0.456 e. The van der Waals surface area contributed by atoms with Gasteiger partial charge in [-0.1, -0.05) is 97.1 Å². The van der Waals surface area contributed by atoms with Gasteiger partial charge in [-0.15, -0.1) is 0 Å². The molecule has 2 atom stereocenters. The first-order valence-electron chi connectivity index (χ1n) is 15.8. The molecular formula is C42H32N2O2. The minimum atomic E-state index is -0.417. The van der Waals surface area contributed by atoms with Crippen LogP contribution in [0.25, 0.3) is 49.7 Å². The summed E-state index contributed by atoms with van der Waals surface area (Å²) in [5, 5.41) is 2.45. The van der Waals surface area contributed by atoms with Crippen LogP contribution < -0.4 is 15.2 Å². The van der Waals surface area contributed by atoms with Crippen molar-refractivity contribution in [3.05, 3.63) is 151 Å². The van der Waals surface area contributed by atoms with Gasteiger partial charge in [0, 0.05) is 56.2 Å². The molecule has 222 valence electrons. The van der Waals surface area contributed by atoms with Gasteiger partial charge >= 0.3 is 0 Å². The van der Waals surface area contributed by atoms with Crippen LogP contribution in [0.5, 0.6) is 23.0 Å². The van der Waals surface area contributed by atoms with Gasteiger partial charge in [-0.25, -0.2) is 0 Å². The maximum Gasteiger partial charge on any atom is 0.137 e. The van der Waals surface area contributed by atoms with E-state index in [0.717, 1.165) is 74.0 Å². The zero-order valence-electron chi connectivity index (χ0n) is 25.5. The van der Waals surface area contributed by atoms with Crippen molar-refractivity contribution in [2.75, 3.05) is 0 Å². The number of rotatable bonds is 2. The lowest BCUT2D eigenvalue weighted by Gasteiger charge is -2.28. The highest BCUT2D eigenvalue weighted by Gasteiger charge is 2.33. The number of para-hydroxylation sites is 4. The number of nitrogens with zero attached hydrogens (tertiary/aromatic N) is 1. The molecule has 6 aromatic carbocycles. The molecule has 7 aromatic rings. The Hall–Kier alpha value is -5.58. The Labute approximate surface area is 267 Å². The molecule has 2 N–H and O–H groups in total. The van der Waals surface area contributed by atoms with E-state index in [9.17, 15) is 0 Å². The quantitative estimate of drug-likeness (QED) is 0.202. The summed E-state index contributed by atoms with van der Waals surface area (Å²) in [5.74, 6) is 3.26. The summed E-state index contributed by atoms with van der Waals surface area (Å²) in [6, 6.07) is 46.6. The predicted octanol–water partition coefficient (Wildman–Crippen LogP) is 10.8. The number of ether oxygens (including phenoxy) is 2. The summed E-state index contributed by atoms with van der Waals surface area (Å²) in [6.45, 7) is 2.10. The van der Waals surface area contributed by atoms with Crippen LogP contribution in [-0.4, -0.2) is 10.1 Å². The minimum absolute atomic E-state index is 0.168. The second-order valence-corrected chi connectivity index (χ2v) is 12.6. The van der Waals surface area contributed by atoms with Crippen molar-refractivity contribution in [2.45, 2.75) is 24.8 Å². The third kappa shape index (κ3) is 4.18. The number of fused-ring (bicyclic) bond motifs is 9. The third-order valence-electron chi connectivity index (χ3n) is 9.61. The second kappa shape index (κ2) is 10.2. The van der Waals surface area contributed by atoms with Gasteiger partial charge in [0.25, 0.3) is 0 Å². The molecule has 0 amide bonds. The molecule has 46 heavy (non-hydrogen) atoms. The first kappa shape index (κ1) is 26.8. The second-order valence-electron chi connectivity index (χ2n) is 12.6. The molecule has 4 heteroatoms. The summed E-state index contributed by atoms with van der Waals surface area (Å²) >= 11 is 0. The Morgan fingerprint density at radius 1 is 0.587 bits per heavy atom. The van der Waals surface area contributed by atoms with E-state index in [1.54, 1.807) is 0 Å². The van der Waals surface area contributed by atoms with Gasteiger partial charge in [0.2, 0.25) is 0 Å². The molecular weight excluding hydrogens is 564 g/mol. The lowest BCUT2D eigenvalue weighted by Crippen LogP contribution is -2.37. The van der Waals surface area contributed by atoms with E-state index in [2.05, 4.69) is 121 Å². The van der Waals surface area contributed by atoms with Crippen LogP contribution in [0.15, 0.2) is 146 Å². The first-order chi connectivity index (χ1) is 22.5. The molecule has 1 aliphatic heterocycles. The molecule has 4 nitrogen and oxygen atoms in total. The normalized spacial score (nSPS) is 18.3. The van der Waals surface area contributed by atoms with Crippen LogP contribution in [0.1, 0.15) is 24.8 Å². The molecule has 0 bridgehead atoms. The first-order valence-corrected chi connectivity index (χ1v) is 15.8. The Morgan fingerprint density at radius 2 is 1.11 bits per heavy atom. The van der Waals surface area contributed by atoms with E-state index in [4.69, 9.17) is 15.2 Å². The van der Waals surface area contributed by atoms with Crippen molar-refractivity contribution in [2.24, 2.45) is 5.73 Å². The molecule has 2 aliphatic rings. The molecule has 1 unspecified atom stereocenters. The zero-order valence-corrected chi connectivity index (χ0v) is 25.5. The van der Waals surface area contributed by atoms with Crippen LogP contribution in [0, 0.1) is 0 Å². The van der Waals surface area contributed by atoms with Crippen LogP contribution in [0.4, 0.5) is 0 Å². The molecule has 0 spiro atoms. The average Bonchev–Trinajstić information content (AvgIpc) is 3.62. The molecule has 9 rings (SSSR count). The third-order valence-corrected chi connectivity index (χ3v) is 9.61. The highest BCUT2D eigenvalue weighted by atomic mass is 16.5. The molecule has 0 fully saturated rings. The highest BCUT2D eigenvalue weighted by molar-refractivity contribution is 6.09. The number of hydrogen-bond acceptors (Lipinski definition) is 3. The standard InChI is InChI=1S/C42H32N2O2/c1-42(43)24-10-15-35(42)27-20-22-33-34-23-21-28(44-36-16-6-2-11-29(36)30-12-3-7-17-37(30)44)26-41(34)46-39-19-9-5-14-32(39)31-13-4-8-18-38(31)45-40(33)25-27/h2-14,16-26,35H,15,43H2,1H3/t35?,42-/m1/s1. The van der Waals surface area contributed by atoms with Crippen molar-refractivity contribution in [3.8, 4) is 50.9 Å². The monoisotopic (exact) mass is 596 g/mol. The van der Waals surface area contributed by atoms with Crippen LogP contribution in [0.3, 0.4) is 0 Å². The van der Waals surface area contributed by atoms with Gasteiger partial charge in [-0.2, -0.15) is 0 Å². The largest absolute Gasteiger partial charge is 0.456 e. The fraction of sp³-hybridized carbons (Fsp3) is 0.0952. The van der Waals surface area contributed by atoms with Crippen LogP contribution >= 0.6 is 0 Å². The molecule has 0 saturated heterocycles. The maximum atomic E-state index is 6.96. The summed E-state index contributed by atoms with van der Waals surface area (Å²) < 4.78 is 16.2. The van der Waals surface area contributed by atoms with Crippen LogP contribution in [-0.2, 0) is 0 Å². The number of benzene rings is 6. The van der Waals surface area contributed by atoms with E-state index in [1.807, 2.05) is 36.4 Å². The van der Waals surface area contributed by atoms with E-state index in [0.29, 0.717) is 0 Å². The number of nitrogens with two attached hydrogens (primary N) is 1. The lowest BCUT2D eigenvalue weighted by atomic mass is 9.83. The Balaban J connectivity index is 1.30. The van der Waals surface area contributed by atoms with Gasteiger partial charge in [0.15, 0.2) is 0 Å². The smallest absolute Gasteiger partial charge is 0.137 e. The van der Waals surface area contributed by atoms with E-state index in [1.165, 1.54) is 10.8 Å². The Kier molecular flexibility index (Phi) is 5.96. The lowest BCUT2D eigenvalue weighted by molar-refractivity contribution is 0.466. The number of hydrogen-bond donors (Lipinski definition) is 1. The van der Waals surface area contributed by atoms with Crippen molar-refractivity contribution in [1.82, 2.24) is 4.57 Å². The van der Waals surface area contributed by atoms with Gasteiger partial charge < -0.3 is 19.8 Å². The molecule has 0 radical (unpaired) electrons. The summed E-state index contributed by atoms with van der Waals surface area (Å²) in [7, 11) is 0. The number of aromatic nitrogens is 1. The van der Waals surface area contributed by atoms with Gasteiger partial charge in [-0.05, 0) is 61.4 Å². The van der Waals surface area contributed by atoms with Gasteiger partial charge in [0.1, 0.15) is 23.0 Å². The molecule has 1 aliphatic carbocycles. The Bertz CT molecular complexity index is 2290. The van der Waals surface area contributed by atoms with Crippen molar-refractivity contribution in [3.63, 3.8) is 0 Å². The number of allylic oxidation sites excluding steroid dienone is 1. The van der Waals surface area contributed by atoms with Crippen molar-refractivity contribution in [1.29, 1.82) is 0 Å². The summed E-state index contributed by atoms with van der Waals surface area (Å²) in [4.78, 5) is 0. The maximum absolute atomic E-state index is 6.96. The topological polar surface area (TPSA) is 49.4 Å². The highest BCUT2D eigenvalue weighted by Crippen LogP contribution is 2.49. The van der Waals surface area contributed by atoms with Gasteiger partial charge in [-0.3, -0.25) is 0 Å². The summed E-state index contributed by atoms with van der Waals surface area (Å²) in [6.07, 6.45) is 5.20. The van der Waals surface area contributed by atoms with Gasteiger partial charge in [0.05, 0.1) is 11.0 Å². The molecule has 1 aromatic heterocycles. The zero-order chi connectivity index (χ0) is 30.8. The summed E-state index contributed by atoms with van der Waals surface area (Å²) in [5.41, 5.74) is 14.7. The molecule has 2 heterocycles. The van der Waals surface area contributed by atoms with Crippen molar-refractivity contribution < 1.29 is 9.47 Å². The van der Waals surface area contributed by atoms with Crippen LogP contribution in [0.2, 0.25) is 0 Å². The Morgan fingerprint density at radius 3 is 1.72 bits per heavy atom. The van der Waals surface area contributed by atoms with Crippen molar-refractivity contribution >= 4 is 21.8 Å². The average molecular weight is 597 g/mol.